The van der Waals surface area contributed by atoms with E-state index in [4.69, 9.17) is 4.74 Å². The topological polar surface area (TPSA) is 105 Å². The van der Waals surface area contributed by atoms with E-state index in [2.05, 4.69) is 16.6 Å². The van der Waals surface area contributed by atoms with E-state index in [1.54, 1.807) is 23.1 Å². The number of likely N-dealkylation sites (tertiary alicyclic amines) is 1. The number of amides is 1. The number of piperidine rings is 1. The SMILES string of the molecule is C[C@@H]1CCCN(C(=O)COC(=O)CCN=C2NS(=O)(=O)c3ccccc32)C1. The van der Waals surface area contributed by atoms with Gasteiger partial charge in [-0.15, -0.1) is 0 Å². The average Bonchev–Trinajstić information content (AvgIpc) is 2.90. The lowest BCUT2D eigenvalue weighted by atomic mass is 10.0. The number of ether oxygens (including phenoxy) is 1. The molecule has 0 aliphatic carbocycles. The van der Waals surface area contributed by atoms with Gasteiger partial charge in [-0.3, -0.25) is 19.3 Å². The Labute approximate surface area is 158 Å². The van der Waals surface area contributed by atoms with E-state index in [0.29, 0.717) is 24.6 Å². The van der Waals surface area contributed by atoms with Crippen molar-refractivity contribution in [1.82, 2.24) is 9.62 Å². The van der Waals surface area contributed by atoms with Crippen molar-refractivity contribution in [3.63, 3.8) is 0 Å². The van der Waals surface area contributed by atoms with Gasteiger partial charge in [0.05, 0.1) is 17.9 Å². The van der Waals surface area contributed by atoms with Gasteiger partial charge < -0.3 is 9.64 Å². The number of carbonyl (C=O) groups excluding carboxylic acids is 2. The number of rotatable bonds is 5. The van der Waals surface area contributed by atoms with Gasteiger partial charge in [-0.25, -0.2) is 8.42 Å². The van der Waals surface area contributed by atoms with Gasteiger partial charge in [0, 0.05) is 18.7 Å². The normalized spacial score (nSPS) is 22.2. The third kappa shape index (κ3) is 4.65. The van der Waals surface area contributed by atoms with Crippen LogP contribution in [0.15, 0.2) is 34.2 Å². The monoisotopic (exact) mass is 393 g/mol. The van der Waals surface area contributed by atoms with Crippen LogP contribution in [0.3, 0.4) is 0 Å². The Kier molecular flexibility index (Phi) is 5.79. The second-order valence-corrected chi connectivity index (χ2v) is 8.48. The first-order chi connectivity index (χ1) is 12.9. The lowest BCUT2D eigenvalue weighted by Crippen LogP contribution is -2.41. The molecule has 0 radical (unpaired) electrons. The largest absolute Gasteiger partial charge is 0.456 e. The third-order valence-corrected chi connectivity index (χ3v) is 6.01. The van der Waals surface area contributed by atoms with Gasteiger partial charge in [-0.05, 0) is 30.9 Å². The Morgan fingerprint density at radius 3 is 2.89 bits per heavy atom. The van der Waals surface area contributed by atoms with Crippen LogP contribution >= 0.6 is 0 Å². The molecule has 0 saturated carbocycles. The molecule has 0 unspecified atom stereocenters. The molecule has 2 aliphatic rings. The number of aliphatic imine (C=N–C) groups is 1. The second-order valence-electron chi connectivity index (χ2n) is 6.83. The Bertz CT molecular complexity index is 866. The zero-order chi connectivity index (χ0) is 19.4. The first-order valence-electron chi connectivity index (χ1n) is 8.97. The maximum Gasteiger partial charge on any atom is 0.308 e. The fourth-order valence-corrected chi connectivity index (χ4v) is 4.48. The first kappa shape index (κ1) is 19.3. The van der Waals surface area contributed by atoms with Crippen molar-refractivity contribution in [2.45, 2.75) is 31.1 Å². The number of fused-ring (bicyclic) bond motifs is 1. The van der Waals surface area contributed by atoms with Crippen LogP contribution in [-0.2, 0) is 24.3 Å². The molecule has 0 spiro atoms. The van der Waals surface area contributed by atoms with Gasteiger partial charge in [-0.1, -0.05) is 19.1 Å². The number of nitrogens with zero attached hydrogens (tertiary/aromatic N) is 2. The zero-order valence-electron chi connectivity index (χ0n) is 15.2. The zero-order valence-corrected chi connectivity index (χ0v) is 16.0. The summed E-state index contributed by atoms with van der Waals surface area (Å²) in [5, 5.41) is 0. The van der Waals surface area contributed by atoms with Crippen molar-refractivity contribution < 1.29 is 22.7 Å². The highest BCUT2D eigenvalue weighted by atomic mass is 32.2. The van der Waals surface area contributed by atoms with Crippen molar-refractivity contribution in [1.29, 1.82) is 0 Å². The van der Waals surface area contributed by atoms with Crippen molar-refractivity contribution in [3.8, 4) is 0 Å². The molecule has 1 N–H and O–H groups in total. The Morgan fingerprint density at radius 1 is 1.33 bits per heavy atom. The summed E-state index contributed by atoms with van der Waals surface area (Å²) in [6.45, 7) is 3.30. The van der Waals surface area contributed by atoms with E-state index in [1.165, 1.54) is 6.07 Å². The van der Waals surface area contributed by atoms with Crippen molar-refractivity contribution in [3.05, 3.63) is 29.8 Å². The molecule has 8 nitrogen and oxygen atoms in total. The number of nitrogens with one attached hydrogen (secondary N) is 1. The van der Waals surface area contributed by atoms with Gasteiger partial charge in [0.15, 0.2) is 6.61 Å². The predicted molar refractivity (Wildman–Crippen MR) is 98.7 cm³/mol. The Morgan fingerprint density at radius 2 is 2.11 bits per heavy atom. The van der Waals surface area contributed by atoms with E-state index in [0.717, 1.165) is 12.8 Å². The molecular formula is C18H23N3O5S. The number of esters is 1. The highest BCUT2D eigenvalue weighted by Gasteiger charge is 2.30. The van der Waals surface area contributed by atoms with Crippen LogP contribution in [0.5, 0.6) is 0 Å². The number of hydrogen-bond acceptors (Lipinski definition) is 6. The summed E-state index contributed by atoms with van der Waals surface area (Å²) in [4.78, 5) is 30.0. The molecule has 1 aromatic carbocycles. The van der Waals surface area contributed by atoms with E-state index in [1.807, 2.05) is 0 Å². The Balaban J connectivity index is 1.47. The summed E-state index contributed by atoms with van der Waals surface area (Å²) in [6, 6.07) is 6.51. The van der Waals surface area contributed by atoms with Crippen LogP contribution < -0.4 is 4.72 Å². The highest BCUT2D eigenvalue weighted by Crippen LogP contribution is 2.22. The van der Waals surface area contributed by atoms with E-state index in [9.17, 15) is 18.0 Å². The molecule has 27 heavy (non-hydrogen) atoms. The maximum atomic E-state index is 12.1. The molecule has 1 saturated heterocycles. The standard InChI is InChI=1S/C18H23N3O5S/c1-13-5-4-10-21(11-13)16(22)12-26-17(23)8-9-19-18-14-6-2-3-7-15(14)27(24,25)20-18/h2-3,6-7,13H,4-5,8-12H2,1H3,(H,19,20)/t13-/m1/s1. The number of amidine groups is 1. The predicted octanol–water partition coefficient (Wildman–Crippen LogP) is 0.917. The number of sulfonamides is 1. The summed E-state index contributed by atoms with van der Waals surface area (Å²) in [7, 11) is -3.59. The molecular weight excluding hydrogens is 370 g/mol. The van der Waals surface area contributed by atoms with E-state index < -0.39 is 16.0 Å². The molecule has 0 aromatic heterocycles. The van der Waals surface area contributed by atoms with Gasteiger partial charge in [0.25, 0.3) is 15.9 Å². The molecule has 1 fully saturated rings. The molecule has 2 heterocycles. The maximum absolute atomic E-state index is 12.1. The minimum Gasteiger partial charge on any atom is -0.456 e. The van der Waals surface area contributed by atoms with Crippen LogP contribution in [0, 0.1) is 5.92 Å². The van der Waals surface area contributed by atoms with Gasteiger partial charge in [0.1, 0.15) is 5.84 Å². The first-order valence-corrected chi connectivity index (χ1v) is 10.4. The second kappa shape index (κ2) is 8.08. The van der Waals surface area contributed by atoms with Crippen molar-refractivity contribution in [2.75, 3.05) is 26.2 Å². The van der Waals surface area contributed by atoms with Crippen LogP contribution in [-0.4, -0.2) is 57.3 Å². The minimum absolute atomic E-state index is 0.0307. The lowest BCUT2D eigenvalue weighted by Gasteiger charge is -2.30. The minimum atomic E-state index is -3.59. The van der Waals surface area contributed by atoms with Crippen molar-refractivity contribution in [2.24, 2.45) is 10.9 Å². The third-order valence-electron chi connectivity index (χ3n) is 4.61. The molecule has 3 rings (SSSR count). The number of hydrogen-bond donors (Lipinski definition) is 1. The highest BCUT2D eigenvalue weighted by molar-refractivity contribution is 7.90. The van der Waals surface area contributed by atoms with Gasteiger partial charge in [0.2, 0.25) is 0 Å². The number of benzene rings is 1. The Hall–Kier alpha value is -2.42. The van der Waals surface area contributed by atoms with Crippen molar-refractivity contribution >= 4 is 27.7 Å². The van der Waals surface area contributed by atoms with Crippen LogP contribution in [0.25, 0.3) is 0 Å². The van der Waals surface area contributed by atoms with E-state index >= 15 is 0 Å². The van der Waals surface area contributed by atoms with E-state index in [-0.39, 0.29) is 36.2 Å². The quantitative estimate of drug-likeness (QED) is 0.749. The smallest absolute Gasteiger partial charge is 0.308 e. The fourth-order valence-electron chi connectivity index (χ4n) is 3.23. The molecule has 146 valence electrons. The molecule has 2 aliphatic heterocycles. The summed E-state index contributed by atoms with van der Waals surface area (Å²) in [6.07, 6.45) is 2.05. The molecule has 0 bridgehead atoms. The summed E-state index contributed by atoms with van der Waals surface area (Å²) in [5.74, 6) is -0.0327. The van der Waals surface area contributed by atoms with Gasteiger partial charge >= 0.3 is 5.97 Å². The van der Waals surface area contributed by atoms with Crippen LogP contribution in [0.1, 0.15) is 31.7 Å². The van der Waals surface area contributed by atoms with Crippen LogP contribution in [0.4, 0.5) is 0 Å². The molecule has 1 atom stereocenters. The number of carbonyl (C=O) groups is 2. The van der Waals surface area contributed by atoms with Crippen LogP contribution in [0.2, 0.25) is 0 Å². The average molecular weight is 393 g/mol. The molecule has 9 heteroatoms. The summed E-state index contributed by atoms with van der Waals surface area (Å²) < 4.78 is 31.4. The fraction of sp³-hybridized carbons (Fsp3) is 0.500. The molecule has 1 amide bonds. The molecule has 1 aromatic rings. The summed E-state index contributed by atoms with van der Waals surface area (Å²) >= 11 is 0. The van der Waals surface area contributed by atoms with Gasteiger partial charge in [-0.2, -0.15) is 0 Å². The summed E-state index contributed by atoms with van der Waals surface area (Å²) in [5.41, 5.74) is 0.486. The lowest BCUT2D eigenvalue weighted by molar-refractivity contribution is -0.152.